The Morgan fingerprint density at radius 3 is 1.48 bits per heavy atom. The molecule has 0 unspecified atom stereocenters. The Labute approximate surface area is 205 Å². The minimum atomic E-state index is -0.562. The van der Waals surface area contributed by atoms with Crippen LogP contribution in [-0.4, -0.2) is 18.6 Å². The standard InChI is InChI=1S/C30H53NO2/c1-2-3-4-5-6-7-8-9-10-11-12-13-14-15-16-17-18-19-23-26-33-30(32)29(31)27-28-24-21-20-22-25-28/h20-22,24-25,29H,2-19,23,26-27,31H2,1H3/t29-/m0/s1. The number of carbonyl (C=O) groups is 1. The highest BCUT2D eigenvalue weighted by atomic mass is 16.5. The number of rotatable bonds is 23. The van der Waals surface area contributed by atoms with Crippen LogP contribution in [0.2, 0.25) is 0 Å². The van der Waals surface area contributed by atoms with Gasteiger partial charge in [-0.1, -0.05) is 153 Å². The van der Waals surface area contributed by atoms with Gasteiger partial charge in [0.05, 0.1) is 6.61 Å². The number of hydrogen-bond donors (Lipinski definition) is 1. The second-order valence-corrected chi connectivity index (χ2v) is 9.83. The summed E-state index contributed by atoms with van der Waals surface area (Å²) in [6.45, 7) is 2.79. The molecule has 3 nitrogen and oxygen atoms in total. The Balaban J connectivity index is 1.76. The van der Waals surface area contributed by atoms with Crippen molar-refractivity contribution < 1.29 is 9.53 Å². The van der Waals surface area contributed by atoms with Gasteiger partial charge in [-0.05, 0) is 18.4 Å². The van der Waals surface area contributed by atoms with Gasteiger partial charge >= 0.3 is 5.97 Å². The van der Waals surface area contributed by atoms with Crippen molar-refractivity contribution in [2.24, 2.45) is 5.73 Å². The number of hydrogen-bond acceptors (Lipinski definition) is 3. The normalized spacial score (nSPS) is 12.1. The van der Waals surface area contributed by atoms with E-state index in [9.17, 15) is 4.79 Å². The van der Waals surface area contributed by atoms with E-state index in [4.69, 9.17) is 10.5 Å². The highest BCUT2D eigenvalue weighted by molar-refractivity contribution is 5.75. The number of esters is 1. The first-order chi connectivity index (χ1) is 16.2. The molecule has 0 radical (unpaired) electrons. The molecule has 0 spiro atoms. The van der Waals surface area contributed by atoms with Crippen LogP contribution in [0.5, 0.6) is 0 Å². The third-order valence-corrected chi connectivity index (χ3v) is 6.59. The van der Waals surface area contributed by atoms with Crippen molar-refractivity contribution in [3.05, 3.63) is 35.9 Å². The number of nitrogens with two attached hydrogens (primary N) is 1. The van der Waals surface area contributed by atoms with Crippen LogP contribution in [-0.2, 0) is 16.0 Å². The molecule has 1 aromatic carbocycles. The van der Waals surface area contributed by atoms with Crippen LogP contribution in [0.15, 0.2) is 30.3 Å². The molecule has 190 valence electrons. The van der Waals surface area contributed by atoms with E-state index in [2.05, 4.69) is 6.92 Å². The second kappa shape index (κ2) is 22.4. The molecule has 0 aliphatic rings. The lowest BCUT2D eigenvalue weighted by atomic mass is 10.0. The van der Waals surface area contributed by atoms with Gasteiger partial charge in [0.2, 0.25) is 0 Å². The van der Waals surface area contributed by atoms with Gasteiger partial charge in [0.15, 0.2) is 0 Å². The zero-order valence-electron chi connectivity index (χ0n) is 21.7. The van der Waals surface area contributed by atoms with Gasteiger partial charge in [0.1, 0.15) is 6.04 Å². The van der Waals surface area contributed by atoms with Crippen molar-refractivity contribution in [1.82, 2.24) is 0 Å². The molecule has 0 aromatic heterocycles. The fourth-order valence-corrected chi connectivity index (χ4v) is 4.41. The first-order valence-electron chi connectivity index (χ1n) is 14.2. The average Bonchev–Trinajstić information content (AvgIpc) is 2.83. The van der Waals surface area contributed by atoms with Crippen molar-refractivity contribution in [2.75, 3.05) is 6.61 Å². The predicted molar refractivity (Wildman–Crippen MR) is 142 cm³/mol. The van der Waals surface area contributed by atoms with E-state index in [1.54, 1.807) is 0 Å². The zero-order valence-corrected chi connectivity index (χ0v) is 21.7. The first kappa shape index (κ1) is 29.7. The summed E-state index contributed by atoms with van der Waals surface area (Å²) in [5.41, 5.74) is 7.03. The lowest BCUT2D eigenvalue weighted by Crippen LogP contribution is -2.34. The maximum atomic E-state index is 12.0. The lowest BCUT2D eigenvalue weighted by molar-refractivity contribution is -0.145. The van der Waals surface area contributed by atoms with Gasteiger partial charge in [-0.15, -0.1) is 0 Å². The van der Waals surface area contributed by atoms with Crippen LogP contribution in [0.25, 0.3) is 0 Å². The SMILES string of the molecule is CCCCCCCCCCCCCCCCCCCCCOC(=O)[C@@H](N)Cc1ccccc1. The van der Waals surface area contributed by atoms with E-state index in [-0.39, 0.29) is 5.97 Å². The smallest absolute Gasteiger partial charge is 0.323 e. The maximum absolute atomic E-state index is 12.0. The quantitative estimate of drug-likeness (QED) is 0.132. The summed E-state index contributed by atoms with van der Waals surface area (Å²) < 4.78 is 5.35. The van der Waals surface area contributed by atoms with Gasteiger partial charge in [-0.3, -0.25) is 4.79 Å². The van der Waals surface area contributed by atoms with E-state index < -0.39 is 6.04 Å². The number of carbonyl (C=O) groups excluding carboxylic acids is 1. The first-order valence-corrected chi connectivity index (χ1v) is 14.2. The summed E-state index contributed by atoms with van der Waals surface area (Å²) in [6, 6.07) is 9.31. The predicted octanol–water partition coefficient (Wildman–Crippen LogP) is 8.53. The van der Waals surface area contributed by atoms with Crippen molar-refractivity contribution in [3.63, 3.8) is 0 Å². The van der Waals surface area contributed by atoms with Gasteiger partial charge in [0.25, 0.3) is 0 Å². The Bertz CT molecular complexity index is 545. The summed E-state index contributed by atoms with van der Waals surface area (Å²) in [5, 5.41) is 0. The molecule has 0 bridgehead atoms. The van der Waals surface area contributed by atoms with Crippen LogP contribution in [0.4, 0.5) is 0 Å². The largest absolute Gasteiger partial charge is 0.465 e. The fourth-order valence-electron chi connectivity index (χ4n) is 4.41. The zero-order chi connectivity index (χ0) is 23.8. The van der Waals surface area contributed by atoms with Crippen LogP contribution < -0.4 is 5.73 Å². The Morgan fingerprint density at radius 2 is 1.06 bits per heavy atom. The molecule has 0 aliphatic carbocycles. The van der Waals surface area contributed by atoms with E-state index in [0.29, 0.717) is 13.0 Å². The highest BCUT2D eigenvalue weighted by Gasteiger charge is 2.15. The molecular formula is C30H53NO2. The van der Waals surface area contributed by atoms with Gasteiger partial charge in [0, 0.05) is 0 Å². The van der Waals surface area contributed by atoms with E-state index in [1.807, 2.05) is 30.3 Å². The molecule has 1 aromatic rings. The number of unbranched alkanes of at least 4 members (excludes halogenated alkanes) is 18. The van der Waals surface area contributed by atoms with E-state index in [0.717, 1.165) is 18.4 Å². The van der Waals surface area contributed by atoms with Crippen LogP contribution >= 0.6 is 0 Å². The fraction of sp³-hybridized carbons (Fsp3) is 0.767. The molecule has 0 saturated carbocycles. The summed E-state index contributed by atoms with van der Waals surface area (Å²) in [6.07, 6.45) is 26.5. The van der Waals surface area contributed by atoms with E-state index >= 15 is 0 Å². The number of benzene rings is 1. The molecule has 2 N–H and O–H groups in total. The molecule has 33 heavy (non-hydrogen) atoms. The van der Waals surface area contributed by atoms with Crippen molar-refractivity contribution >= 4 is 5.97 Å². The Hall–Kier alpha value is -1.35. The molecule has 0 heterocycles. The minimum absolute atomic E-state index is 0.277. The third kappa shape index (κ3) is 18.7. The summed E-state index contributed by atoms with van der Waals surface area (Å²) in [4.78, 5) is 12.0. The Kier molecular flexibility index (Phi) is 20.2. The van der Waals surface area contributed by atoms with Gasteiger partial charge in [-0.25, -0.2) is 0 Å². The second-order valence-electron chi connectivity index (χ2n) is 9.83. The van der Waals surface area contributed by atoms with Crippen molar-refractivity contribution in [1.29, 1.82) is 0 Å². The Morgan fingerprint density at radius 1 is 0.667 bits per heavy atom. The summed E-state index contributed by atoms with van der Waals surface area (Å²) >= 11 is 0. The minimum Gasteiger partial charge on any atom is -0.465 e. The molecule has 0 saturated heterocycles. The molecular weight excluding hydrogens is 406 g/mol. The monoisotopic (exact) mass is 459 g/mol. The molecule has 0 aliphatic heterocycles. The average molecular weight is 460 g/mol. The van der Waals surface area contributed by atoms with Crippen LogP contribution in [0.3, 0.4) is 0 Å². The van der Waals surface area contributed by atoms with Crippen molar-refractivity contribution in [3.8, 4) is 0 Å². The van der Waals surface area contributed by atoms with Crippen LogP contribution in [0.1, 0.15) is 134 Å². The molecule has 3 heteroatoms. The maximum Gasteiger partial charge on any atom is 0.323 e. The van der Waals surface area contributed by atoms with Gasteiger partial charge < -0.3 is 10.5 Å². The highest BCUT2D eigenvalue weighted by Crippen LogP contribution is 2.14. The third-order valence-electron chi connectivity index (χ3n) is 6.59. The van der Waals surface area contributed by atoms with E-state index in [1.165, 1.54) is 109 Å². The topological polar surface area (TPSA) is 52.3 Å². The van der Waals surface area contributed by atoms with Gasteiger partial charge in [-0.2, -0.15) is 0 Å². The molecule has 1 atom stereocenters. The van der Waals surface area contributed by atoms with Crippen LogP contribution in [0, 0.1) is 0 Å². The lowest BCUT2D eigenvalue weighted by Gasteiger charge is -2.11. The molecule has 0 fully saturated rings. The van der Waals surface area contributed by atoms with Crippen molar-refractivity contribution in [2.45, 2.75) is 141 Å². The summed E-state index contributed by atoms with van der Waals surface area (Å²) in [5.74, 6) is -0.277. The molecule has 0 amide bonds. The summed E-state index contributed by atoms with van der Waals surface area (Å²) in [7, 11) is 0. The number of ether oxygens (including phenoxy) is 1. The molecule has 1 rings (SSSR count).